The van der Waals surface area contributed by atoms with E-state index in [1.54, 1.807) is 13.8 Å². The molecular formula is C15H21N3O2. The van der Waals surface area contributed by atoms with Crippen LogP contribution in [-0.4, -0.2) is 27.0 Å². The number of hydrogen-bond donors (Lipinski definition) is 2. The summed E-state index contributed by atoms with van der Waals surface area (Å²) >= 11 is 0. The Hall–Kier alpha value is -1.88. The first-order chi connectivity index (χ1) is 9.40. The van der Waals surface area contributed by atoms with Crippen molar-refractivity contribution in [1.29, 1.82) is 0 Å². The summed E-state index contributed by atoms with van der Waals surface area (Å²) in [5.74, 6) is -0.760. The van der Waals surface area contributed by atoms with Crippen LogP contribution in [0.4, 0.5) is 0 Å². The van der Waals surface area contributed by atoms with E-state index >= 15 is 0 Å². The second kappa shape index (κ2) is 5.63. The molecule has 20 heavy (non-hydrogen) atoms. The quantitative estimate of drug-likeness (QED) is 0.793. The van der Waals surface area contributed by atoms with E-state index in [0.717, 1.165) is 11.3 Å². The molecule has 0 aromatic carbocycles. The zero-order valence-electron chi connectivity index (χ0n) is 12.2. The van der Waals surface area contributed by atoms with Gasteiger partial charge in [0.1, 0.15) is 5.65 Å². The number of carboxylic acids is 1. The number of pyridine rings is 1. The number of fused-ring (bicyclic) bond motifs is 1. The Morgan fingerprint density at radius 2 is 2.20 bits per heavy atom. The lowest BCUT2D eigenvalue weighted by molar-refractivity contribution is -0.147. The fraction of sp³-hybridized carbons (Fsp3) is 0.467. The van der Waals surface area contributed by atoms with Crippen LogP contribution in [0.25, 0.3) is 5.65 Å². The largest absolute Gasteiger partial charge is 0.481 e. The van der Waals surface area contributed by atoms with E-state index in [-0.39, 0.29) is 0 Å². The summed E-state index contributed by atoms with van der Waals surface area (Å²) in [5.41, 5.74) is 2.50. The fourth-order valence-electron chi connectivity index (χ4n) is 1.99. The highest BCUT2D eigenvalue weighted by atomic mass is 16.4. The van der Waals surface area contributed by atoms with Gasteiger partial charge in [-0.3, -0.25) is 4.79 Å². The second-order valence-electron chi connectivity index (χ2n) is 5.80. The van der Waals surface area contributed by atoms with Crippen molar-refractivity contribution in [3.8, 4) is 0 Å². The molecule has 2 aromatic heterocycles. The molecule has 0 aliphatic heterocycles. The van der Waals surface area contributed by atoms with Crippen molar-refractivity contribution in [3.05, 3.63) is 35.8 Å². The number of nitrogens with one attached hydrogen (secondary N) is 1. The molecule has 0 fully saturated rings. The van der Waals surface area contributed by atoms with Crippen LogP contribution in [0.15, 0.2) is 24.5 Å². The number of carboxylic acid groups (broad SMARTS) is 1. The molecule has 2 rings (SSSR count). The molecule has 108 valence electrons. The molecule has 0 amide bonds. The lowest BCUT2D eigenvalue weighted by Gasteiger charge is -2.18. The third-order valence-corrected chi connectivity index (χ3v) is 3.54. The Bertz CT molecular complexity index is 617. The summed E-state index contributed by atoms with van der Waals surface area (Å²) in [6.45, 7) is 6.88. The number of aryl methyl sites for hydroxylation is 1. The molecule has 5 nitrogen and oxygen atoms in total. The highest BCUT2D eigenvalue weighted by molar-refractivity contribution is 5.73. The van der Waals surface area contributed by atoms with Crippen LogP contribution in [0, 0.1) is 12.3 Å². The van der Waals surface area contributed by atoms with Crippen LogP contribution in [0.3, 0.4) is 0 Å². The van der Waals surface area contributed by atoms with Gasteiger partial charge in [0, 0.05) is 12.7 Å². The van der Waals surface area contributed by atoms with E-state index in [0.29, 0.717) is 19.5 Å². The maximum absolute atomic E-state index is 11.0. The monoisotopic (exact) mass is 275 g/mol. The van der Waals surface area contributed by atoms with E-state index in [1.165, 1.54) is 5.56 Å². The van der Waals surface area contributed by atoms with Gasteiger partial charge in [-0.1, -0.05) is 6.07 Å². The maximum atomic E-state index is 11.0. The van der Waals surface area contributed by atoms with Crippen molar-refractivity contribution < 1.29 is 9.90 Å². The SMILES string of the molecule is Cc1ccc2ncc(CNCCC(C)(C)C(=O)O)n2c1. The molecule has 0 radical (unpaired) electrons. The first-order valence-corrected chi connectivity index (χ1v) is 6.77. The molecule has 0 unspecified atom stereocenters. The fourth-order valence-corrected chi connectivity index (χ4v) is 1.99. The average Bonchev–Trinajstić information content (AvgIpc) is 2.77. The summed E-state index contributed by atoms with van der Waals surface area (Å²) in [6, 6.07) is 4.03. The second-order valence-corrected chi connectivity index (χ2v) is 5.80. The number of hydrogen-bond acceptors (Lipinski definition) is 3. The number of carbonyl (C=O) groups is 1. The highest BCUT2D eigenvalue weighted by Gasteiger charge is 2.26. The van der Waals surface area contributed by atoms with Crippen molar-refractivity contribution in [2.24, 2.45) is 5.41 Å². The topological polar surface area (TPSA) is 66.6 Å². The third-order valence-electron chi connectivity index (χ3n) is 3.54. The predicted octanol–water partition coefficient (Wildman–Crippen LogP) is 2.23. The zero-order chi connectivity index (χ0) is 14.8. The number of aliphatic carboxylic acids is 1. The van der Waals surface area contributed by atoms with Crippen molar-refractivity contribution >= 4 is 11.6 Å². The zero-order valence-corrected chi connectivity index (χ0v) is 12.2. The molecule has 0 bridgehead atoms. The Kier molecular flexibility index (Phi) is 4.09. The van der Waals surface area contributed by atoms with E-state index < -0.39 is 11.4 Å². The highest BCUT2D eigenvalue weighted by Crippen LogP contribution is 2.19. The average molecular weight is 275 g/mol. The van der Waals surface area contributed by atoms with Crippen molar-refractivity contribution in [3.63, 3.8) is 0 Å². The molecule has 0 atom stereocenters. The molecular weight excluding hydrogens is 254 g/mol. The summed E-state index contributed by atoms with van der Waals surface area (Å²) in [4.78, 5) is 15.4. The molecule has 0 saturated carbocycles. The van der Waals surface area contributed by atoms with Crippen LogP contribution < -0.4 is 5.32 Å². The van der Waals surface area contributed by atoms with Gasteiger partial charge < -0.3 is 14.8 Å². The summed E-state index contributed by atoms with van der Waals surface area (Å²) in [5, 5.41) is 12.3. The minimum absolute atomic E-state index is 0.595. The van der Waals surface area contributed by atoms with Gasteiger partial charge in [-0.05, 0) is 45.4 Å². The van der Waals surface area contributed by atoms with Crippen LogP contribution in [0.5, 0.6) is 0 Å². The lowest BCUT2D eigenvalue weighted by atomic mass is 9.90. The van der Waals surface area contributed by atoms with E-state index in [9.17, 15) is 4.79 Å². The summed E-state index contributed by atoms with van der Waals surface area (Å²) < 4.78 is 2.06. The van der Waals surface area contributed by atoms with Gasteiger partial charge in [-0.25, -0.2) is 4.98 Å². The van der Waals surface area contributed by atoms with E-state index in [2.05, 4.69) is 20.9 Å². The molecule has 2 N–H and O–H groups in total. The molecule has 2 heterocycles. The normalized spacial score (nSPS) is 11.9. The van der Waals surface area contributed by atoms with Crippen LogP contribution in [0.2, 0.25) is 0 Å². The molecule has 0 aliphatic rings. The first kappa shape index (κ1) is 14.5. The molecule has 0 saturated heterocycles. The Morgan fingerprint density at radius 1 is 1.45 bits per heavy atom. The summed E-state index contributed by atoms with van der Waals surface area (Å²) in [7, 11) is 0. The van der Waals surface area contributed by atoms with Crippen LogP contribution in [0.1, 0.15) is 31.5 Å². The van der Waals surface area contributed by atoms with Crippen molar-refractivity contribution in [2.75, 3.05) is 6.54 Å². The van der Waals surface area contributed by atoms with Gasteiger partial charge in [0.05, 0.1) is 17.3 Å². The Labute approximate surface area is 118 Å². The summed E-state index contributed by atoms with van der Waals surface area (Å²) in [6.07, 6.45) is 4.50. The van der Waals surface area contributed by atoms with Gasteiger partial charge in [0.15, 0.2) is 0 Å². The number of imidazole rings is 1. The predicted molar refractivity (Wildman–Crippen MR) is 77.7 cm³/mol. The minimum Gasteiger partial charge on any atom is -0.481 e. The Morgan fingerprint density at radius 3 is 2.90 bits per heavy atom. The van der Waals surface area contributed by atoms with Gasteiger partial charge in [-0.15, -0.1) is 0 Å². The van der Waals surface area contributed by atoms with Gasteiger partial charge in [-0.2, -0.15) is 0 Å². The number of aromatic nitrogens is 2. The molecule has 5 heteroatoms. The third kappa shape index (κ3) is 3.17. The minimum atomic E-state index is -0.760. The van der Waals surface area contributed by atoms with Crippen molar-refractivity contribution in [2.45, 2.75) is 33.7 Å². The molecule has 0 spiro atoms. The van der Waals surface area contributed by atoms with Crippen molar-refractivity contribution in [1.82, 2.24) is 14.7 Å². The standard InChI is InChI=1S/C15H21N3O2/c1-11-4-5-13-17-9-12(18(13)10-11)8-16-7-6-15(2,3)14(19)20/h4-5,9-10,16H,6-8H2,1-3H3,(H,19,20). The first-order valence-electron chi connectivity index (χ1n) is 6.77. The maximum Gasteiger partial charge on any atom is 0.309 e. The number of nitrogens with zero attached hydrogens (tertiary/aromatic N) is 2. The molecule has 2 aromatic rings. The lowest BCUT2D eigenvalue weighted by Crippen LogP contribution is -2.29. The van der Waals surface area contributed by atoms with E-state index in [4.69, 9.17) is 5.11 Å². The van der Waals surface area contributed by atoms with Crippen LogP contribution in [-0.2, 0) is 11.3 Å². The molecule has 0 aliphatic carbocycles. The van der Waals surface area contributed by atoms with E-state index in [1.807, 2.05) is 25.3 Å². The van der Waals surface area contributed by atoms with Gasteiger partial charge in [0.2, 0.25) is 0 Å². The van der Waals surface area contributed by atoms with Gasteiger partial charge in [0.25, 0.3) is 0 Å². The van der Waals surface area contributed by atoms with Crippen LogP contribution >= 0.6 is 0 Å². The number of rotatable bonds is 6. The van der Waals surface area contributed by atoms with Gasteiger partial charge >= 0.3 is 5.97 Å². The Balaban J connectivity index is 1.94. The smallest absolute Gasteiger partial charge is 0.309 e.